The van der Waals surface area contributed by atoms with Gasteiger partial charge in [0.1, 0.15) is 0 Å². The summed E-state index contributed by atoms with van der Waals surface area (Å²) in [6.45, 7) is 1.70. The molecule has 2 aromatic rings. The van der Waals surface area contributed by atoms with Crippen molar-refractivity contribution in [2.75, 3.05) is 13.1 Å². The van der Waals surface area contributed by atoms with Gasteiger partial charge in [0.15, 0.2) is 0 Å². The lowest BCUT2D eigenvalue weighted by Crippen LogP contribution is -2.48. The molecule has 0 unspecified atom stereocenters. The number of halogens is 1. The predicted octanol–water partition coefficient (Wildman–Crippen LogP) is 3.94. The maximum absolute atomic E-state index is 12.9. The molecule has 0 atom stereocenters. The zero-order chi connectivity index (χ0) is 16.0. The fourth-order valence-corrected chi connectivity index (χ4v) is 3.40. The summed E-state index contributed by atoms with van der Waals surface area (Å²) in [6.07, 6.45) is -0.132. The van der Waals surface area contributed by atoms with Gasteiger partial charge in [0.25, 0.3) is 0 Å². The van der Waals surface area contributed by atoms with Crippen molar-refractivity contribution in [3.8, 4) is 0 Å². The van der Waals surface area contributed by atoms with Gasteiger partial charge in [-0.15, -0.1) is 12.4 Å². The Morgan fingerprint density at radius 3 is 1.71 bits per heavy atom. The van der Waals surface area contributed by atoms with E-state index in [0.29, 0.717) is 13.1 Å². The number of rotatable bonds is 8. The molecule has 1 N–H and O–H groups in total. The number of phosphoric acid groups is 1. The Morgan fingerprint density at radius 1 is 0.875 bits per heavy atom. The van der Waals surface area contributed by atoms with Crippen molar-refractivity contribution in [3.05, 3.63) is 71.8 Å². The second-order valence-corrected chi connectivity index (χ2v) is 6.97. The summed E-state index contributed by atoms with van der Waals surface area (Å²) in [4.78, 5) is 0. The van der Waals surface area contributed by atoms with Gasteiger partial charge in [0.05, 0.1) is 19.3 Å². The van der Waals surface area contributed by atoms with Gasteiger partial charge in [0.2, 0.25) is 0 Å². The third kappa shape index (κ3) is 5.71. The third-order valence-electron chi connectivity index (χ3n) is 3.49. The van der Waals surface area contributed by atoms with Crippen molar-refractivity contribution >= 4 is 20.2 Å². The average molecular weight is 370 g/mol. The van der Waals surface area contributed by atoms with E-state index in [1.807, 2.05) is 60.7 Å². The molecule has 24 heavy (non-hydrogen) atoms. The zero-order valence-electron chi connectivity index (χ0n) is 13.2. The first kappa shape index (κ1) is 19.1. The monoisotopic (exact) mass is 369 g/mol. The molecule has 0 amide bonds. The van der Waals surface area contributed by atoms with Gasteiger partial charge in [0, 0.05) is 13.1 Å². The fourth-order valence-electron chi connectivity index (χ4n) is 2.07. The quantitative estimate of drug-likeness (QED) is 0.714. The van der Waals surface area contributed by atoms with Crippen molar-refractivity contribution < 1.29 is 18.1 Å². The van der Waals surface area contributed by atoms with Crippen LogP contribution in [0, 0.1) is 0 Å². The van der Waals surface area contributed by atoms with Crippen LogP contribution in [0.4, 0.5) is 0 Å². The Balaban J connectivity index is 0.00000208. The van der Waals surface area contributed by atoms with Gasteiger partial charge in [-0.05, 0) is 11.1 Å². The van der Waals surface area contributed by atoms with Gasteiger partial charge in [-0.2, -0.15) is 0 Å². The van der Waals surface area contributed by atoms with Crippen LogP contribution in [0.3, 0.4) is 0 Å². The Hall–Kier alpha value is -1.20. The molecule has 3 rings (SSSR count). The van der Waals surface area contributed by atoms with Gasteiger partial charge in [-0.25, -0.2) is 4.57 Å². The topological polar surface area (TPSA) is 56.8 Å². The van der Waals surface area contributed by atoms with E-state index in [1.54, 1.807) is 0 Å². The Labute approximate surface area is 148 Å². The highest BCUT2D eigenvalue weighted by molar-refractivity contribution is 7.48. The first-order valence-electron chi connectivity index (χ1n) is 7.60. The number of nitrogens with one attached hydrogen (secondary N) is 1. The summed E-state index contributed by atoms with van der Waals surface area (Å²) in [6, 6.07) is 19.1. The molecule has 1 heterocycles. The second-order valence-electron chi connectivity index (χ2n) is 5.35. The van der Waals surface area contributed by atoms with E-state index < -0.39 is 7.82 Å². The van der Waals surface area contributed by atoms with E-state index in [1.165, 1.54) is 0 Å². The molecule has 1 aliphatic heterocycles. The lowest BCUT2D eigenvalue weighted by molar-refractivity contribution is 0.0488. The first-order valence-corrected chi connectivity index (χ1v) is 9.06. The molecule has 0 aromatic heterocycles. The van der Waals surface area contributed by atoms with Crippen LogP contribution in [-0.2, 0) is 31.4 Å². The van der Waals surface area contributed by atoms with Crippen LogP contribution in [0.25, 0.3) is 0 Å². The molecule has 0 saturated carbocycles. The minimum atomic E-state index is -3.61. The molecule has 1 aliphatic rings. The minimum Gasteiger partial charge on any atom is -0.311 e. The van der Waals surface area contributed by atoms with Crippen LogP contribution in [0.15, 0.2) is 60.7 Å². The fraction of sp³-hybridized carbons (Fsp3) is 0.294. The van der Waals surface area contributed by atoms with Crippen molar-refractivity contribution in [2.24, 2.45) is 0 Å². The van der Waals surface area contributed by atoms with Gasteiger partial charge >= 0.3 is 7.82 Å². The highest BCUT2D eigenvalue weighted by Crippen LogP contribution is 2.52. The molecule has 0 bridgehead atoms. The largest absolute Gasteiger partial charge is 0.475 e. The average Bonchev–Trinajstić information content (AvgIpc) is 2.57. The molecule has 0 aliphatic carbocycles. The number of phosphoric ester groups is 1. The third-order valence-corrected chi connectivity index (χ3v) is 4.93. The molecule has 7 heteroatoms. The molecule has 130 valence electrons. The van der Waals surface area contributed by atoms with Crippen LogP contribution in [0.1, 0.15) is 11.1 Å². The van der Waals surface area contributed by atoms with E-state index in [-0.39, 0.29) is 31.7 Å². The van der Waals surface area contributed by atoms with E-state index in [2.05, 4.69) is 5.32 Å². The van der Waals surface area contributed by atoms with Crippen LogP contribution in [0.2, 0.25) is 0 Å². The molecule has 0 radical (unpaired) electrons. The molecule has 0 spiro atoms. The van der Waals surface area contributed by atoms with Gasteiger partial charge < -0.3 is 5.32 Å². The van der Waals surface area contributed by atoms with Crippen LogP contribution >= 0.6 is 20.2 Å². The first-order chi connectivity index (χ1) is 11.2. The summed E-state index contributed by atoms with van der Waals surface area (Å²) in [5, 5.41) is 3.07. The standard InChI is InChI=1S/C17H20NO4P.ClH/c19-23(22-17-11-18-12-17,20-13-15-7-3-1-4-8-15)21-14-16-9-5-2-6-10-16;/h1-10,17-18H,11-14H2;1H. The second kappa shape index (κ2) is 9.33. The molecule has 1 fully saturated rings. The molecular formula is C17H21ClNO4P. The van der Waals surface area contributed by atoms with Crippen LogP contribution in [0.5, 0.6) is 0 Å². The van der Waals surface area contributed by atoms with Crippen LogP contribution < -0.4 is 5.32 Å². The van der Waals surface area contributed by atoms with Gasteiger partial charge in [-0.1, -0.05) is 60.7 Å². The minimum absolute atomic E-state index is 0. The summed E-state index contributed by atoms with van der Waals surface area (Å²) < 4.78 is 29.5. The maximum atomic E-state index is 12.9. The normalized spacial score (nSPS) is 14.7. The van der Waals surface area contributed by atoms with Crippen molar-refractivity contribution in [1.82, 2.24) is 5.32 Å². The lowest BCUT2D eigenvalue weighted by atomic mass is 10.2. The molecular weight excluding hydrogens is 349 g/mol. The smallest absolute Gasteiger partial charge is 0.311 e. The lowest BCUT2D eigenvalue weighted by Gasteiger charge is -2.30. The van der Waals surface area contributed by atoms with Crippen molar-refractivity contribution in [3.63, 3.8) is 0 Å². The number of benzene rings is 2. The SMILES string of the molecule is Cl.O=P(OCc1ccccc1)(OCc1ccccc1)OC1CNC1. The predicted molar refractivity (Wildman–Crippen MR) is 95.1 cm³/mol. The van der Waals surface area contributed by atoms with E-state index in [0.717, 1.165) is 11.1 Å². The summed E-state index contributed by atoms with van der Waals surface area (Å²) in [5.41, 5.74) is 1.85. The number of hydrogen-bond donors (Lipinski definition) is 1. The highest BCUT2D eigenvalue weighted by atomic mass is 35.5. The Morgan fingerprint density at radius 2 is 1.33 bits per heavy atom. The summed E-state index contributed by atoms with van der Waals surface area (Å²) >= 11 is 0. The Bertz CT molecular complexity index is 605. The van der Waals surface area contributed by atoms with Gasteiger partial charge in [-0.3, -0.25) is 13.6 Å². The number of hydrogen-bond acceptors (Lipinski definition) is 5. The molecule has 5 nitrogen and oxygen atoms in total. The summed E-state index contributed by atoms with van der Waals surface area (Å²) in [7, 11) is -3.61. The zero-order valence-corrected chi connectivity index (χ0v) is 14.9. The Kier molecular flexibility index (Phi) is 7.43. The van der Waals surface area contributed by atoms with Crippen molar-refractivity contribution in [2.45, 2.75) is 19.3 Å². The maximum Gasteiger partial charge on any atom is 0.475 e. The summed E-state index contributed by atoms with van der Waals surface area (Å²) in [5.74, 6) is 0. The van der Waals surface area contributed by atoms with Crippen LogP contribution in [-0.4, -0.2) is 19.2 Å². The van der Waals surface area contributed by atoms with Crippen molar-refractivity contribution in [1.29, 1.82) is 0 Å². The molecule has 1 saturated heterocycles. The van der Waals surface area contributed by atoms with E-state index in [4.69, 9.17) is 13.6 Å². The highest BCUT2D eigenvalue weighted by Gasteiger charge is 2.33. The molecule has 2 aromatic carbocycles. The van der Waals surface area contributed by atoms with E-state index in [9.17, 15) is 4.57 Å². The van der Waals surface area contributed by atoms with E-state index >= 15 is 0 Å².